The second-order valence-corrected chi connectivity index (χ2v) is 4.82. The van der Waals surface area contributed by atoms with E-state index in [0.717, 1.165) is 4.57 Å². The van der Waals surface area contributed by atoms with E-state index < -0.39 is 40.9 Å². The van der Waals surface area contributed by atoms with Crippen LogP contribution < -0.4 is 11.2 Å². The van der Waals surface area contributed by atoms with E-state index in [1.807, 2.05) is 4.98 Å². The van der Waals surface area contributed by atoms with Gasteiger partial charge in [-0.25, -0.2) is 4.79 Å². The number of aromatic nitrogens is 2. The van der Waals surface area contributed by atoms with E-state index in [2.05, 4.69) is 5.92 Å². The Kier molecular flexibility index (Phi) is 3.54. The van der Waals surface area contributed by atoms with E-state index in [1.165, 1.54) is 0 Å². The van der Waals surface area contributed by atoms with Gasteiger partial charge < -0.3 is 9.84 Å². The summed E-state index contributed by atoms with van der Waals surface area (Å²) in [5.41, 5.74) is -3.02. The molecular weight excluding hydrogens is 267 g/mol. The highest BCUT2D eigenvalue weighted by Gasteiger charge is 2.51. The minimum absolute atomic E-state index is 0.429. The molecule has 4 unspecified atom stereocenters. The number of aromatic amines is 1. The normalized spacial score (nSPS) is 33.0. The molecule has 0 bridgehead atoms. The molecule has 1 saturated heterocycles. The molecule has 2 heterocycles. The topological polar surface area (TPSA) is 84.3 Å². The smallest absolute Gasteiger partial charge is 0.330 e. The molecule has 4 atom stereocenters. The first-order valence-electron chi connectivity index (χ1n) is 6.21. The second-order valence-electron chi connectivity index (χ2n) is 4.82. The predicted octanol–water partition coefficient (Wildman–Crippen LogP) is -0.0165. The van der Waals surface area contributed by atoms with E-state index in [0.29, 0.717) is 12.6 Å². The average molecular weight is 282 g/mol. The molecule has 0 radical (unpaired) electrons. The third kappa shape index (κ3) is 1.97. The van der Waals surface area contributed by atoms with Crippen molar-refractivity contribution < 1.29 is 14.2 Å². The van der Waals surface area contributed by atoms with Crippen LogP contribution in [-0.2, 0) is 4.74 Å². The van der Waals surface area contributed by atoms with Crippen molar-refractivity contribution in [2.75, 3.05) is 0 Å². The number of aliphatic hydroxyl groups excluding tert-OH is 1. The largest absolute Gasteiger partial charge is 0.388 e. The van der Waals surface area contributed by atoms with E-state index >= 15 is 0 Å². The highest BCUT2D eigenvalue weighted by atomic mass is 19.1. The summed E-state index contributed by atoms with van der Waals surface area (Å²) in [6, 6.07) is 0. The average Bonchev–Trinajstić information content (AvgIpc) is 2.68. The summed E-state index contributed by atoms with van der Waals surface area (Å²) >= 11 is 0. The number of nitrogens with zero attached hydrogens (tertiary/aromatic N) is 1. The van der Waals surface area contributed by atoms with Gasteiger partial charge in [0.1, 0.15) is 11.7 Å². The fraction of sp³-hybridized carbons (Fsp3) is 0.538. The number of halogens is 1. The molecular formula is C13H15FN2O4. The molecule has 1 fully saturated rings. The zero-order chi connectivity index (χ0) is 15.1. The standard InChI is InChI=1S/C13H15FN2O4/c1-4-13(5-2)7(3)9(17)11(20-13)16-6-8(14)10(18)15-12(16)19/h1,6-7,9,11,17H,5H2,2-3H3,(H,15,18,19). The lowest BCUT2D eigenvalue weighted by molar-refractivity contribution is -0.0682. The van der Waals surface area contributed by atoms with Crippen molar-refractivity contribution in [2.45, 2.75) is 38.2 Å². The zero-order valence-electron chi connectivity index (χ0n) is 11.1. The molecule has 0 aliphatic carbocycles. The van der Waals surface area contributed by atoms with Crippen molar-refractivity contribution in [1.29, 1.82) is 0 Å². The van der Waals surface area contributed by atoms with Crippen LogP contribution >= 0.6 is 0 Å². The van der Waals surface area contributed by atoms with E-state index in [4.69, 9.17) is 11.2 Å². The maximum atomic E-state index is 13.3. The number of hydrogen-bond donors (Lipinski definition) is 2. The maximum absolute atomic E-state index is 13.3. The predicted molar refractivity (Wildman–Crippen MR) is 68.4 cm³/mol. The third-order valence-electron chi connectivity index (χ3n) is 3.84. The molecule has 1 aromatic rings. The fourth-order valence-electron chi connectivity index (χ4n) is 2.46. The Hall–Kier alpha value is -1.91. The molecule has 1 aliphatic rings. The molecule has 2 rings (SSSR count). The van der Waals surface area contributed by atoms with Gasteiger partial charge in [0.25, 0.3) is 5.56 Å². The molecule has 6 nitrogen and oxygen atoms in total. The van der Waals surface area contributed by atoms with Crippen molar-refractivity contribution in [1.82, 2.24) is 9.55 Å². The lowest BCUT2D eigenvalue weighted by Gasteiger charge is -2.25. The summed E-state index contributed by atoms with van der Waals surface area (Å²) in [6.07, 6.45) is 4.37. The minimum Gasteiger partial charge on any atom is -0.388 e. The molecule has 0 amide bonds. The van der Waals surface area contributed by atoms with E-state index in [9.17, 15) is 19.1 Å². The number of hydrogen-bond acceptors (Lipinski definition) is 4. The van der Waals surface area contributed by atoms with Gasteiger partial charge in [-0.15, -0.1) is 6.42 Å². The van der Waals surface area contributed by atoms with Crippen molar-refractivity contribution in [3.8, 4) is 12.3 Å². The van der Waals surface area contributed by atoms with Crippen LogP contribution in [0.3, 0.4) is 0 Å². The van der Waals surface area contributed by atoms with Crippen molar-refractivity contribution >= 4 is 0 Å². The van der Waals surface area contributed by atoms with Crippen LogP contribution in [0.15, 0.2) is 15.8 Å². The van der Waals surface area contributed by atoms with Gasteiger partial charge in [-0.3, -0.25) is 14.3 Å². The van der Waals surface area contributed by atoms with Crippen LogP contribution in [0.2, 0.25) is 0 Å². The first kappa shape index (κ1) is 14.5. The molecule has 0 saturated carbocycles. The van der Waals surface area contributed by atoms with Gasteiger partial charge >= 0.3 is 5.69 Å². The van der Waals surface area contributed by atoms with Crippen LogP contribution in [-0.4, -0.2) is 26.4 Å². The van der Waals surface area contributed by atoms with E-state index in [-0.39, 0.29) is 0 Å². The van der Waals surface area contributed by atoms with Gasteiger partial charge in [-0.2, -0.15) is 4.39 Å². The summed E-state index contributed by atoms with van der Waals surface area (Å²) in [6.45, 7) is 3.49. The third-order valence-corrected chi connectivity index (χ3v) is 3.84. The molecule has 1 aliphatic heterocycles. The molecule has 2 N–H and O–H groups in total. The molecule has 20 heavy (non-hydrogen) atoms. The zero-order valence-corrected chi connectivity index (χ0v) is 11.1. The Balaban J connectivity index is 2.51. The molecule has 0 spiro atoms. The Morgan fingerprint density at radius 1 is 1.65 bits per heavy atom. The number of aliphatic hydroxyl groups is 1. The van der Waals surface area contributed by atoms with Crippen LogP contribution in [0.25, 0.3) is 0 Å². The summed E-state index contributed by atoms with van der Waals surface area (Å²) in [7, 11) is 0. The highest BCUT2D eigenvalue weighted by molar-refractivity contribution is 5.16. The first-order chi connectivity index (χ1) is 9.36. The van der Waals surface area contributed by atoms with Crippen LogP contribution in [0, 0.1) is 24.1 Å². The van der Waals surface area contributed by atoms with Crippen LogP contribution in [0.4, 0.5) is 4.39 Å². The maximum Gasteiger partial charge on any atom is 0.330 e. The summed E-state index contributed by atoms with van der Waals surface area (Å²) in [5, 5.41) is 10.2. The van der Waals surface area contributed by atoms with Crippen LogP contribution in [0.1, 0.15) is 26.5 Å². The summed E-state index contributed by atoms with van der Waals surface area (Å²) in [4.78, 5) is 24.5. The SMILES string of the molecule is C#CC1(CC)OC(n2cc(F)c(=O)[nH]c2=O)C(O)C1C. The summed E-state index contributed by atoms with van der Waals surface area (Å²) < 4.78 is 19.7. The van der Waals surface area contributed by atoms with Gasteiger partial charge in [0.15, 0.2) is 6.23 Å². The minimum atomic E-state index is -1.14. The van der Waals surface area contributed by atoms with Gasteiger partial charge in [-0.05, 0) is 6.42 Å². The number of terminal acetylenes is 1. The molecule has 7 heteroatoms. The van der Waals surface area contributed by atoms with Crippen LogP contribution in [0.5, 0.6) is 0 Å². The monoisotopic (exact) mass is 282 g/mol. The second kappa shape index (κ2) is 4.89. The molecule has 1 aromatic heterocycles. The Morgan fingerprint density at radius 3 is 2.80 bits per heavy atom. The number of H-pyrrole nitrogens is 1. The molecule has 108 valence electrons. The fourth-order valence-corrected chi connectivity index (χ4v) is 2.46. The first-order valence-corrected chi connectivity index (χ1v) is 6.21. The lowest BCUT2D eigenvalue weighted by atomic mass is 9.85. The number of nitrogens with one attached hydrogen (secondary N) is 1. The van der Waals surface area contributed by atoms with Crippen molar-refractivity contribution in [2.24, 2.45) is 5.92 Å². The van der Waals surface area contributed by atoms with Gasteiger partial charge in [0.2, 0.25) is 5.82 Å². The van der Waals surface area contributed by atoms with Gasteiger partial charge in [-0.1, -0.05) is 19.8 Å². The van der Waals surface area contributed by atoms with Gasteiger partial charge in [0, 0.05) is 5.92 Å². The lowest BCUT2D eigenvalue weighted by Crippen LogP contribution is -2.37. The Labute approximate surface area is 114 Å². The summed E-state index contributed by atoms with van der Waals surface area (Å²) in [5.74, 6) is 0.912. The Bertz CT molecular complexity index is 674. The number of ether oxygens (including phenoxy) is 1. The number of rotatable bonds is 2. The Morgan fingerprint density at radius 2 is 2.30 bits per heavy atom. The quantitative estimate of drug-likeness (QED) is 0.747. The van der Waals surface area contributed by atoms with Crippen molar-refractivity contribution in [3.63, 3.8) is 0 Å². The van der Waals surface area contributed by atoms with E-state index in [1.54, 1.807) is 13.8 Å². The van der Waals surface area contributed by atoms with Crippen molar-refractivity contribution in [3.05, 3.63) is 32.9 Å². The van der Waals surface area contributed by atoms with Gasteiger partial charge in [0.05, 0.1) is 6.20 Å². The highest BCUT2D eigenvalue weighted by Crippen LogP contribution is 2.42. The molecule has 0 aromatic carbocycles.